The number of aromatic nitrogens is 3. The average Bonchev–Trinajstić information content (AvgIpc) is 3.21. The van der Waals surface area contributed by atoms with Crippen LogP contribution in [0.4, 0.5) is 21.5 Å². The monoisotopic (exact) mass is 374 g/mol. The maximum atomic E-state index is 13.3. The first-order valence-corrected chi connectivity index (χ1v) is 8.54. The van der Waals surface area contributed by atoms with E-state index in [-0.39, 0.29) is 16.9 Å². The fourth-order valence-electron chi connectivity index (χ4n) is 3.25. The van der Waals surface area contributed by atoms with Crippen molar-refractivity contribution in [3.8, 4) is 0 Å². The van der Waals surface area contributed by atoms with Gasteiger partial charge in [0.15, 0.2) is 11.5 Å². The molecule has 1 fully saturated rings. The van der Waals surface area contributed by atoms with Crippen molar-refractivity contribution in [1.29, 1.82) is 0 Å². The van der Waals surface area contributed by atoms with E-state index in [0.29, 0.717) is 10.7 Å². The van der Waals surface area contributed by atoms with Gasteiger partial charge in [0, 0.05) is 31.7 Å². The second kappa shape index (κ2) is 6.45. The number of anilines is 3. The van der Waals surface area contributed by atoms with Gasteiger partial charge in [0.25, 0.3) is 5.91 Å². The van der Waals surface area contributed by atoms with Gasteiger partial charge in [0.2, 0.25) is 0 Å². The summed E-state index contributed by atoms with van der Waals surface area (Å²) in [7, 11) is 0. The van der Waals surface area contributed by atoms with E-state index in [1.807, 2.05) is 0 Å². The van der Waals surface area contributed by atoms with E-state index >= 15 is 0 Å². The van der Waals surface area contributed by atoms with Crippen molar-refractivity contribution < 1.29 is 9.18 Å². The third-order valence-electron chi connectivity index (χ3n) is 4.38. The Labute approximate surface area is 153 Å². The van der Waals surface area contributed by atoms with Gasteiger partial charge in [-0.1, -0.05) is 11.6 Å². The van der Waals surface area contributed by atoms with Crippen LogP contribution >= 0.6 is 11.6 Å². The number of hydrogen-bond acceptors (Lipinski definition) is 5. The van der Waals surface area contributed by atoms with Gasteiger partial charge >= 0.3 is 0 Å². The molecule has 0 saturated carbocycles. The van der Waals surface area contributed by atoms with E-state index in [9.17, 15) is 9.18 Å². The van der Waals surface area contributed by atoms with Crippen molar-refractivity contribution in [2.24, 2.45) is 0 Å². The smallest absolute Gasteiger partial charge is 0.261 e. The van der Waals surface area contributed by atoms with Gasteiger partial charge in [-0.3, -0.25) is 9.78 Å². The Morgan fingerprint density at radius 3 is 2.77 bits per heavy atom. The fourth-order valence-corrected chi connectivity index (χ4v) is 3.53. The van der Waals surface area contributed by atoms with Crippen molar-refractivity contribution >= 4 is 40.2 Å². The molecule has 1 aliphatic rings. The minimum absolute atomic E-state index is 0.178. The first kappa shape index (κ1) is 16.6. The number of hydrogen-bond donors (Lipinski definition) is 2. The summed E-state index contributed by atoms with van der Waals surface area (Å²) in [5, 5.41) is 3.30. The Balaban J connectivity index is 1.72. The molecule has 0 aliphatic carbocycles. The lowest BCUT2D eigenvalue weighted by Gasteiger charge is -2.22. The van der Waals surface area contributed by atoms with Crippen molar-refractivity contribution in [3.05, 3.63) is 47.4 Å². The number of fused-ring (bicyclic) bond motifs is 1. The van der Waals surface area contributed by atoms with Crippen molar-refractivity contribution in [1.82, 2.24) is 14.4 Å². The minimum atomic E-state index is -0.519. The third-order valence-corrected chi connectivity index (χ3v) is 4.65. The lowest BCUT2D eigenvalue weighted by Crippen LogP contribution is -2.22. The van der Waals surface area contributed by atoms with Crippen LogP contribution in [0.2, 0.25) is 5.02 Å². The first-order valence-electron chi connectivity index (χ1n) is 8.16. The molecule has 4 heterocycles. The molecule has 7 nitrogen and oxygen atoms in total. The van der Waals surface area contributed by atoms with Crippen LogP contribution in [0.15, 0.2) is 31.0 Å². The molecule has 0 bridgehead atoms. The number of carbonyl (C=O) groups is 1. The van der Waals surface area contributed by atoms with Gasteiger partial charge in [-0.2, -0.15) is 0 Å². The van der Waals surface area contributed by atoms with Gasteiger partial charge in [0.05, 0.1) is 34.5 Å². The fraction of sp³-hybridized carbons (Fsp3) is 0.235. The summed E-state index contributed by atoms with van der Waals surface area (Å²) >= 11 is 6.32. The number of nitrogens with two attached hydrogens (primary N) is 1. The lowest BCUT2D eigenvalue weighted by atomic mass is 10.2. The standard InChI is InChI=1S/C17H16ClFN6O/c18-11-6-21-7-13(15(11)24-3-1-2-4-24)23-17(26)14-12(20)9-25-8-10(19)5-22-16(14)25/h5-9H,1-4,20H2,(H,23,26). The SMILES string of the molecule is Nc1cn2cc(F)cnc2c1C(=O)Nc1cncc(Cl)c1N1CCCC1. The molecular formula is C17H16ClFN6O. The number of carbonyl (C=O) groups excluding carboxylic acids is 1. The zero-order valence-corrected chi connectivity index (χ0v) is 14.5. The van der Waals surface area contributed by atoms with Crippen LogP contribution in [0.25, 0.3) is 5.65 Å². The Hall–Kier alpha value is -2.87. The van der Waals surface area contributed by atoms with E-state index in [1.165, 1.54) is 16.8 Å². The molecule has 1 amide bonds. The Morgan fingerprint density at radius 2 is 2.00 bits per heavy atom. The highest BCUT2D eigenvalue weighted by atomic mass is 35.5. The second-order valence-electron chi connectivity index (χ2n) is 6.13. The van der Waals surface area contributed by atoms with Crippen LogP contribution in [0.3, 0.4) is 0 Å². The predicted octanol–water partition coefficient (Wildman–Crippen LogP) is 2.96. The molecule has 0 unspecified atom stereocenters. The summed E-state index contributed by atoms with van der Waals surface area (Å²) in [4.78, 5) is 23.0. The highest BCUT2D eigenvalue weighted by molar-refractivity contribution is 6.34. The normalized spacial score (nSPS) is 14.2. The molecule has 26 heavy (non-hydrogen) atoms. The summed E-state index contributed by atoms with van der Waals surface area (Å²) in [5.41, 5.74) is 7.86. The summed E-state index contributed by atoms with van der Waals surface area (Å²) in [6.45, 7) is 1.73. The molecule has 4 rings (SSSR count). The molecular weight excluding hydrogens is 359 g/mol. The molecule has 3 N–H and O–H groups in total. The van der Waals surface area contributed by atoms with Gasteiger partial charge in [-0.25, -0.2) is 9.37 Å². The number of pyridine rings is 1. The molecule has 134 valence electrons. The average molecular weight is 375 g/mol. The quantitative estimate of drug-likeness (QED) is 0.735. The summed E-state index contributed by atoms with van der Waals surface area (Å²) in [6, 6.07) is 0. The molecule has 3 aromatic heterocycles. The number of amides is 1. The largest absolute Gasteiger partial charge is 0.397 e. The van der Waals surface area contributed by atoms with E-state index in [2.05, 4.69) is 20.2 Å². The van der Waals surface area contributed by atoms with E-state index in [4.69, 9.17) is 17.3 Å². The van der Waals surface area contributed by atoms with Crippen LogP contribution < -0.4 is 16.0 Å². The van der Waals surface area contributed by atoms with Crippen LogP contribution in [0.5, 0.6) is 0 Å². The van der Waals surface area contributed by atoms with Gasteiger partial charge in [-0.15, -0.1) is 0 Å². The van der Waals surface area contributed by atoms with Crippen LogP contribution in [-0.4, -0.2) is 33.4 Å². The molecule has 1 saturated heterocycles. The third kappa shape index (κ3) is 2.82. The summed E-state index contributed by atoms with van der Waals surface area (Å²) < 4.78 is 14.7. The van der Waals surface area contributed by atoms with Gasteiger partial charge < -0.3 is 20.4 Å². The van der Waals surface area contributed by atoms with Crippen molar-refractivity contribution in [2.75, 3.05) is 29.0 Å². The van der Waals surface area contributed by atoms with Gasteiger partial charge in [0.1, 0.15) is 5.56 Å². The number of nitrogens with zero attached hydrogens (tertiary/aromatic N) is 4. The highest BCUT2D eigenvalue weighted by Gasteiger charge is 2.23. The Kier molecular flexibility index (Phi) is 4.12. The van der Waals surface area contributed by atoms with E-state index < -0.39 is 11.7 Å². The highest BCUT2D eigenvalue weighted by Crippen LogP contribution is 2.35. The molecule has 0 atom stereocenters. The molecule has 1 aliphatic heterocycles. The maximum Gasteiger partial charge on any atom is 0.261 e. The maximum absolute atomic E-state index is 13.3. The Bertz CT molecular complexity index is 998. The number of halogens is 2. The van der Waals surface area contributed by atoms with Crippen LogP contribution in [-0.2, 0) is 0 Å². The zero-order valence-electron chi connectivity index (χ0n) is 13.7. The second-order valence-corrected chi connectivity index (χ2v) is 6.54. The van der Waals surface area contributed by atoms with Crippen molar-refractivity contribution in [2.45, 2.75) is 12.8 Å². The van der Waals surface area contributed by atoms with Crippen molar-refractivity contribution in [3.63, 3.8) is 0 Å². The summed E-state index contributed by atoms with van der Waals surface area (Å²) in [5.74, 6) is -0.969. The molecule has 0 spiro atoms. The molecule has 0 aromatic carbocycles. The minimum Gasteiger partial charge on any atom is -0.397 e. The number of rotatable bonds is 3. The van der Waals surface area contributed by atoms with E-state index in [0.717, 1.165) is 37.8 Å². The molecule has 9 heteroatoms. The Morgan fingerprint density at radius 1 is 1.23 bits per heavy atom. The molecule has 0 radical (unpaired) electrons. The lowest BCUT2D eigenvalue weighted by molar-refractivity contribution is 0.102. The zero-order chi connectivity index (χ0) is 18.3. The summed E-state index contributed by atoms with van der Waals surface area (Å²) in [6.07, 6.45) is 8.96. The van der Waals surface area contributed by atoms with E-state index in [1.54, 1.807) is 12.4 Å². The first-order chi connectivity index (χ1) is 12.5. The topological polar surface area (TPSA) is 88.5 Å². The van der Waals surface area contributed by atoms with Crippen LogP contribution in [0, 0.1) is 5.82 Å². The number of nitrogens with one attached hydrogen (secondary N) is 1. The molecule has 3 aromatic rings. The predicted molar refractivity (Wildman–Crippen MR) is 98.2 cm³/mol. The van der Waals surface area contributed by atoms with Crippen LogP contribution in [0.1, 0.15) is 23.2 Å². The van der Waals surface area contributed by atoms with Gasteiger partial charge in [-0.05, 0) is 12.8 Å². The number of nitrogen functional groups attached to an aromatic ring is 1.